The average Bonchev–Trinajstić information content (AvgIpc) is 3.07. The molecule has 3 heteroatoms. The standard InChI is InChI=1S/C21H27N3.C2H6/c1-14-6-5-7-20-21(14)19(13-23-20)11-9-16(3)24-17(4)18-10-8-15(2)22-12-18;1-2/h5,7-8,10,12-14,17,23-24H,3,6,9,11H2,1-2,4H3;1-2H3. The van der Waals surface area contributed by atoms with Gasteiger partial charge in [-0.25, -0.2) is 0 Å². The number of aromatic nitrogens is 2. The molecule has 2 heterocycles. The van der Waals surface area contributed by atoms with Gasteiger partial charge in [0.15, 0.2) is 0 Å². The number of hydrogen-bond acceptors (Lipinski definition) is 2. The molecule has 2 atom stereocenters. The van der Waals surface area contributed by atoms with Crippen LogP contribution in [-0.4, -0.2) is 9.97 Å². The number of pyridine rings is 1. The highest BCUT2D eigenvalue weighted by atomic mass is 14.9. The van der Waals surface area contributed by atoms with Gasteiger partial charge in [-0.3, -0.25) is 4.98 Å². The third kappa shape index (κ3) is 4.87. The molecule has 0 saturated heterocycles. The van der Waals surface area contributed by atoms with E-state index in [-0.39, 0.29) is 6.04 Å². The summed E-state index contributed by atoms with van der Waals surface area (Å²) in [6.07, 6.45) is 11.7. The van der Waals surface area contributed by atoms with Gasteiger partial charge in [0.05, 0.1) is 0 Å². The first-order chi connectivity index (χ1) is 12.5. The number of nitrogens with zero attached hydrogens (tertiary/aromatic N) is 1. The normalized spacial score (nSPS) is 16.3. The molecule has 2 aromatic heterocycles. The summed E-state index contributed by atoms with van der Waals surface area (Å²) in [5.74, 6) is 0.602. The molecule has 0 fully saturated rings. The van der Waals surface area contributed by atoms with Crippen molar-refractivity contribution in [1.82, 2.24) is 15.3 Å². The minimum Gasteiger partial charge on any atom is -0.382 e. The molecule has 1 aliphatic rings. The first-order valence-corrected chi connectivity index (χ1v) is 9.78. The molecule has 0 aromatic carbocycles. The number of aryl methyl sites for hydroxylation is 2. The van der Waals surface area contributed by atoms with Crippen LogP contribution < -0.4 is 5.32 Å². The molecule has 1 aliphatic carbocycles. The second-order valence-corrected chi connectivity index (χ2v) is 6.88. The van der Waals surface area contributed by atoms with Crippen molar-refractivity contribution in [2.45, 2.75) is 65.8 Å². The molecule has 0 aliphatic heterocycles. The summed E-state index contributed by atoms with van der Waals surface area (Å²) >= 11 is 0. The third-order valence-corrected chi connectivity index (χ3v) is 4.86. The van der Waals surface area contributed by atoms with E-state index < -0.39 is 0 Å². The molecule has 2 unspecified atom stereocenters. The van der Waals surface area contributed by atoms with Gasteiger partial charge in [-0.15, -0.1) is 0 Å². The van der Waals surface area contributed by atoms with Crippen molar-refractivity contribution in [3.63, 3.8) is 0 Å². The van der Waals surface area contributed by atoms with Crippen molar-refractivity contribution in [3.05, 3.63) is 71.0 Å². The molecular weight excluding hydrogens is 318 g/mol. The number of nitrogens with one attached hydrogen (secondary N) is 2. The average molecular weight is 352 g/mol. The molecule has 140 valence electrons. The van der Waals surface area contributed by atoms with Gasteiger partial charge in [0.25, 0.3) is 0 Å². The zero-order valence-electron chi connectivity index (χ0n) is 16.9. The van der Waals surface area contributed by atoms with Crippen molar-refractivity contribution >= 4 is 6.08 Å². The van der Waals surface area contributed by atoms with E-state index in [1.165, 1.54) is 22.4 Å². The minimum absolute atomic E-state index is 0.229. The molecule has 0 saturated carbocycles. The van der Waals surface area contributed by atoms with E-state index in [4.69, 9.17) is 0 Å². The van der Waals surface area contributed by atoms with Crippen LogP contribution in [0.4, 0.5) is 0 Å². The summed E-state index contributed by atoms with van der Waals surface area (Å²) in [6, 6.07) is 4.41. The van der Waals surface area contributed by atoms with Crippen LogP contribution in [0.3, 0.4) is 0 Å². The molecule has 26 heavy (non-hydrogen) atoms. The quantitative estimate of drug-likeness (QED) is 0.664. The lowest BCUT2D eigenvalue weighted by atomic mass is 9.89. The number of aromatic amines is 1. The van der Waals surface area contributed by atoms with Gasteiger partial charge in [-0.2, -0.15) is 0 Å². The lowest BCUT2D eigenvalue weighted by molar-refractivity contribution is 0.625. The Kier molecular flexibility index (Phi) is 7.26. The summed E-state index contributed by atoms with van der Waals surface area (Å²) < 4.78 is 0. The monoisotopic (exact) mass is 351 g/mol. The van der Waals surface area contributed by atoms with E-state index in [9.17, 15) is 0 Å². The van der Waals surface area contributed by atoms with Gasteiger partial charge in [-0.1, -0.05) is 39.5 Å². The second-order valence-electron chi connectivity index (χ2n) is 6.88. The molecule has 3 nitrogen and oxygen atoms in total. The molecular formula is C23H33N3. The fourth-order valence-corrected chi connectivity index (χ4v) is 3.41. The van der Waals surface area contributed by atoms with E-state index in [1.54, 1.807) is 0 Å². The van der Waals surface area contributed by atoms with Gasteiger partial charge < -0.3 is 10.3 Å². The van der Waals surface area contributed by atoms with Crippen LogP contribution in [0.15, 0.2) is 42.9 Å². The van der Waals surface area contributed by atoms with Crippen LogP contribution in [0.5, 0.6) is 0 Å². The summed E-state index contributed by atoms with van der Waals surface area (Å²) in [6.45, 7) is 14.7. The Balaban J connectivity index is 0.00000117. The zero-order chi connectivity index (χ0) is 19.1. The smallest absolute Gasteiger partial charge is 0.0497 e. The Labute approximate surface area is 158 Å². The van der Waals surface area contributed by atoms with Crippen molar-refractivity contribution < 1.29 is 0 Å². The fraction of sp³-hybridized carbons (Fsp3) is 0.435. The molecule has 0 spiro atoms. The number of hydrogen-bond donors (Lipinski definition) is 2. The number of allylic oxidation sites excluding steroid dienone is 2. The summed E-state index contributed by atoms with van der Waals surface area (Å²) in [7, 11) is 0. The van der Waals surface area contributed by atoms with Gasteiger partial charge in [0.1, 0.15) is 0 Å². The highest BCUT2D eigenvalue weighted by Gasteiger charge is 2.18. The third-order valence-electron chi connectivity index (χ3n) is 4.86. The topological polar surface area (TPSA) is 40.7 Å². The van der Waals surface area contributed by atoms with Crippen LogP contribution in [0.2, 0.25) is 0 Å². The molecule has 0 amide bonds. The van der Waals surface area contributed by atoms with Crippen molar-refractivity contribution in [3.8, 4) is 0 Å². The lowest BCUT2D eigenvalue weighted by Gasteiger charge is -2.19. The van der Waals surface area contributed by atoms with E-state index in [1.807, 2.05) is 27.0 Å². The van der Waals surface area contributed by atoms with Gasteiger partial charge in [0.2, 0.25) is 0 Å². The van der Waals surface area contributed by atoms with Crippen LogP contribution in [-0.2, 0) is 6.42 Å². The Bertz CT molecular complexity index is 737. The zero-order valence-corrected chi connectivity index (χ0v) is 16.9. The van der Waals surface area contributed by atoms with Gasteiger partial charge >= 0.3 is 0 Å². The minimum atomic E-state index is 0.229. The molecule has 3 rings (SSSR count). The second kappa shape index (κ2) is 9.42. The number of rotatable bonds is 6. The van der Waals surface area contributed by atoms with Crippen molar-refractivity contribution in [1.29, 1.82) is 0 Å². The van der Waals surface area contributed by atoms with Crippen LogP contribution in [0.1, 0.15) is 80.6 Å². The first-order valence-electron chi connectivity index (χ1n) is 9.78. The predicted molar refractivity (Wildman–Crippen MR) is 112 cm³/mol. The predicted octanol–water partition coefficient (Wildman–Crippen LogP) is 6.06. The maximum absolute atomic E-state index is 4.37. The van der Waals surface area contributed by atoms with Crippen LogP contribution in [0, 0.1) is 6.92 Å². The lowest BCUT2D eigenvalue weighted by Crippen LogP contribution is -2.18. The van der Waals surface area contributed by atoms with E-state index in [0.717, 1.165) is 30.7 Å². The SMILES string of the molecule is C=C(CCc1c[nH]c2c1C(C)CC=C2)NC(C)c1ccc(C)nc1.CC. The maximum Gasteiger partial charge on any atom is 0.0497 e. The van der Waals surface area contributed by atoms with E-state index in [0.29, 0.717) is 5.92 Å². The Morgan fingerprint density at radius 1 is 1.38 bits per heavy atom. The molecule has 2 N–H and O–H groups in total. The Morgan fingerprint density at radius 3 is 2.85 bits per heavy atom. The number of fused-ring (bicyclic) bond motifs is 1. The van der Waals surface area contributed by atoms with Crippen molar-refractivity contribution in [2.24, 2.45) is 0 Å². The van der Waals surface area contributed by atoms with Crippen LogP contribution >= 0.6 is 0 Å². The van der Waals surface area contributed by atoms with E-state index >= 15 is 0 Å². The van der Waals surface area contributed by atoms with Crippen molar-refractivity contribution in [2.75, 3.05) is 0 Å². The summed E-state index contributed by atoms with van der Waals surface area (Å²) in [5, 5.41) is 3.51. The summed E-state index contributed by atoms with van der Waals surface area (Å²) in [5.41, 5.74) is 7.51. The fourth-order valence-electron chi connectivity index (χ4n) is 3.41. The van der Waals surface area contributed by atoms with Gasteiger partial charge in [0, 0.05) is 35.5 Å². The highest BCUT2D eigenvalue weighted by molar-refractivity contribution is 5.56. The number of H-pyrrole nitrogens is 1. The first kappa shape index (κ1) is 20.0. The molecule has 2 aromatic rings. The molecule has 0 bridgehead atoms. The van der Waals surface area contributed by atoms with Crippen LogP contribution in [0.25, 0.3) is 6.08 Å². The highest BCUT2D eigenvalue weighted by Crippen LogP contribution is 2.32. The summed E-state index contributed by atoms with van der Waals surface area (Å²) in [4.78, 5) is 7.78. The largest absolute Gasteiger partial charge is 0.382 e. The maximum atomic E-state index is 4.37. The Hall–Kier alpha value is -2.29. The van der Waals surface area contributed by atoms with Gasteiger partial charge in [-0.05, 0) is 67.9 Å². The van der Waals surface area contributed by atoms with E-state index in [2.05, 4.69) is 66.2 Å². The molecule has 0 radical (unpaired) electrons. The Morgan fingerprint density at radius 2 is 2.15 bits per heavy atom.